The Morgan fingerprint density at radius 2 is 1.87 bits per heavy atom. The fourth-order valence-corrected chi connectivity index (χ4v) is 3.30. The number of rotatable bonds is 7. The monoisotopic (exact) mass is 211 g/mol. The molecule has 0 bridgehead atoms. The third kappa shape index (κ3) is 3.79. The lowest BCUT2D eigenvalue weighted by Crippen LogP contribution is -2.29. The first-order chi connectivity index (χ1) is 7.33. The van der Waals surface area contributed by atoms with Gasteiger partial charge in [-0.05, 0) is 50.1 Å². The van der Waals surface area contributed by atoms with Gasteiger partial charge in [0.15, 0.2) is 0 Å². The molecule has 1 fully saturated rings. The van der Waals surface area contributed by atoms with Crippen molar-refractivity contribution in [2.75, 3.05) is 13.1 Å². The van der Waals surface area contributed by atoms with Gasteiger partial charge in [-0.15, -0.1) is 0 Å². The molecule has 0 saturated heterocycles. The van der Waals surface area contributed by atoms with Crippen molar-refractivity contribution in [3.63, 3.8) is 0 Å². The quantitative estimate of drug-likeness (QED) is 0.631. The van der Waals surface area contributed by atoms with Crippen LogP contribution < -0.4 is 5.32 Å². The molecule has 1 saturated carbocycles. The lowest BCUT2D eigenvalue weighted by molar-refractivity contribution is 0.241. The first-order valence-corrected chi connectivity index (χ1v) is 7.04. The van der Waals surface area contributed by atoms with Crippen LogP contribution in [0.5, 0.6) is 0 Å². The highest BCUT2D eigenvalue weighted by Crippen LogP contribution is 2.39. The standard InChI is InChI=1S/C14H29N/c1-4-10-15-11-13-8-7-9-14(13)12(5-2)6-3/h12-15H,4-11H2,1-3H3. The molecule has 0 aliphatic heterocycles. The summed E-state index contributed by atoms with van der Waals surface area (Å²) >= 11 is 0. The Labute approximate surface area is 96.0 Å². The van der Waals surface area contributed by atoms with E-state index in [-0.39, 0.29) is 0 Å². The molecular weight excluding hydrogens is 182 g/mol. The molecule has 0 amide bonds. The Balaban J connectivity index is 2.34. The highest BCUT2D eigenvalue weighted by atomic mass is 14.9. The van der Waals surface area contributed by atoms with Crippen LogP contribution in [0, 0.1) is 17.8 Å². The van der Waals surface area contributed by atoms with E-state index in [0.29, 0.717) is 0 Å². The molecule has 0 spiro atoms. The van der Waals surface area contributed by atoms with Crippen molar-refractivity contribution in [3.05, 3.63) is 0 Å². The van der Waals surface area contributed by atoms with Crippen molar-refractivity contribution in [2.24, 2.45) is 17.8 Å². The average molecular weight is 211 g/mol. The third-order valence-electron chi connectivity index (χ3n) is 4.21. The Kier molecular flexibility index (Phi) is 6.31. The van der Waals surface area contributed by atoms with Gasteiger partial charge < -0.3 is 5.32 Å². The van der Waals surface area contributed by atoms with E-state index in [1.54, 1.807) is 0 Å². The number of hydrogen-bond donors (Lipinski definition) is 1. The number of hydrogen-bond acceptors (Lipinski definition) is 1. The maximum absolute atomic E-state index is 3.61. The molecule has 0 aromatic rings. The second-order valence-corrected chi connectivity index (χ2v) is 5.14. The first kappa shape index (κ1) is 13.0. The van der Waals surface area contributed by atoms with Crippen LogP contribution in [0.4, 0.5) is 0 Å². The minimum atomic E-state index is 0.974. The summed E-state index contributed by atoms with van der Waals surface area (Å²) in [4.78, 5) is 0. The molecule has 1 rings (SSSR count). The molecule has 2 unspecified atom stereocenters. The van der Waals surface area contributed by atoms with Crippen molar-refractivity contribution < 1.29 is 0 Å². The number of nitrogens with one attached hydrogen (secondary N) is 1. The molecular formula is C14H29N. The average Bonchev–Trinajstić information content (AvgIpc) is 2.69. The van der Waals surface area contributed by atoms with E-state index < -0.39 is 0 Å². The predicted octanol–water partition coefficient (Wildman–Crippen LogP) is 3.84. The summed E-state index contributed by atoms with van der Waals surface area (Å²) in [6.07, 6.45) is 8.46. The third-order valence-corrected chi connectivity index (χ3v) is 4.21. The molecule has 1 heteroatoms. The highest BCUT2D eigenvalue weighted by Gasteiger charge is 2.31. The second kappa shape index (κ2) is 7.27. The maximum atomic E-state index is 3.61. The summed E-state index contributed by atoms with van der Waals surface area (Å²) in [5.74, 6) is 2.98. The summed E-state index contributed by atoms with van der Waals surface area (Å²) in [5.41, 5.74) is 0. The second-order valence-electron chi connectivity index (χ2n) is 5.14. The largest absolute Gasteiger partial charge is 0.316 e. The van der Waals surface area contributed by atoms with Crippen LogP contribution in [-0.2, 0) is 0 Å². The van der Waals surface area contributed by atoms with E-state index in [1.807, 2.05) is 0 Å². The van der Waals surface area contributed by atoms with Gasteiger partial charge in [0, 0.05) is 0 Å². The highest BCUT2D eigenvalue weighted by molar-refractivity contribution is 4.83. The predicted molar refractivity (Wildman–Crippen MR) is 68.1 cm³/mol. The van der Waals surface area contributed by atoms with Gasteiger partial charge in [-0.1, -0.05) is 40.0 Å². The summed E-state index contributed by atoms with van der Waals surface area (Å²) in [6, 6.07) is 0. The summed E-state index contributed by atoms with van der Waals surface area (Å²) in [5, 5.41) is 3.61. The van der Waals surface area contributed by atoms with Crippen LogP contribution in [0.25, 0.3) is 0 Å². The van der Waals surface area contributed by atoms with Crippen LogP contribution in [0.2, 0.25) is 0 Å². The Morgan fingerprint density at radius 3 is 2.47 bits per heavy atom. The molecule has 1 N–H and O–H groups in total. The normalized spacial score (nSPS) is 26.4. The van der Waals surface area contributed by atoms with Gasteiger partial charge in [-0.2, -0.15) is 0 Å². The van der Waals surface area contributed by atoms with Crippen LogP contribution in [0.3, 0.4) is 0 Å². The fourth-order valence-electron chi connectivity index (χ4n) is 3.30. The van der Waals surface area contributed by atoms with Crippen LogP contribution in [-0.4, -0.2) is 13.1 Å². The van der Waals surface area contributed by atoms with Crippen molar-refractivity contribution in [3.8, 4) is 0 Å². The Morgan fingerprint density at radius 1 is 1.13 bits per heavy atom. The molecule has 1 nitrogen and oxygen atoms in total. The zero-order valence-electron chi connectivity index (χ0n) is 10.9. The van der Waals surface area contributed by atoms with E-state index in [0.717, 1.165) is 17.8 Å². The Hall–Kier alpha value is -0.0400. The summed E-state index contributed by atoms with van der Waals surface area (Å²) < 4.78 is 0. The van der Waals surface area contributed by atoms with Crippen molar-refractivity contribution >= 4 is 0 Å². The SMILES string of the molecule is CCCNCC1CCCC1C(CC)CC. The molecule has 1 aliphatic rings. The molecule has 2 atom stereocenters. The molecule has 15 heavy (non-hydrogen) atoms. The summed E-state index contributed by atoms with van der Waals surface area (Å²) in [6.45, 7) is 9.45. The molecule has 1 aliphatic carbocycles. The molecule has 0 aromatic carbocycles. The lowest BCUT2D eigenvalue weighted by atomic mass is 9.81. The van der Waals surface area contributed by atoms with Crippen molar-refractivity contribution in [2.45, 2.75) is 59.3 Å². The molecule has 0 aromatic heterocycles. The molecule has 0 radical (unpaired) electrons. The minimum Gasteiger partial charge on any atom is -0.316 e. The van der Waals surface area contributed by atoms with Gasteiger partial charge >= 0.3 is 0 Å². The Bertz CT molecular complexity index is 151. The fraction of sp³-hybridized carbons (Fsp3) is 1.00. The van der Waals surface area contributed by atoms with Gasteiger partial charge in [-0.3, -0.25) is 0 Å². The first-order valence-electron chi connectivity index (χ1n) is 7.04. The molecule has 90 valence electrons. The van der Waals surface area contributed by atoms with E-state index in [9.17, 15) is 0 Å². The maximum Gasteiger partial charge on any atom is -0.00178 e. The topological polar surface area (TPSA) is 12.0 Å². The van der Waals surface area contributed by atoms with Crippen LogP contribution in [0.15, 0.2) is 0 Å². The van der Waals surface area contributed by atoms with Gasteiger partial charge in [0.05, 0.1) is 0 Å². The minimum absolute atomic E-state index is 0.974. The van der Waals surface area contributed by atoms with Gasteiger partial charge in [-0.25, -0.2) is 0 Å². The summed E-state index contributed by atoms with van der Waals surface area (Å²) in [7, 11) is 0. The van der Waals surface area contributed by atoms with E-state index in [2.05, 4.69) is 26.1 Å². The van der Waals surface area contributed by atoms with Crippen LogP contribution in [0.1, 0.15) is 59.3 Å². The zero-order chi connectivity index (χ0) is 11.1. The van der Waals surface area contributed by atoms with Crippen LogP contribution >= 0.6 is 0 Å². The van der Waals surface area contributed by atoms with E-state index in [4.69, 9.17) is 0 Å². The van der Waals surface area contributed by atoms with Gasteiger partial charge in [0.2, 0.25) is 0 Å². The van der Waals surface area contributed by atoms with E-state index in [1.165, 1.54) is 51.6 Å². The van der Waals surface area contributed by atoms with Crippen molar-refractivity contribution in [1.82, 2.24) is 5.32 Å². The van der Waals surface area contributed by atoms with Crippen molar-refractivity contribution in [1.29, 1.82) is 0 Å². The van der Waals surface area contributed by atoms with E-state index >= 15 is 0 Å². The smallest absolute Gasteiger partial charge is 0.00178 e. The van der Waals surface area contributed by atoms with Gasteiger partial charge in [0.25, 0.3) is 0 Å². The van der Waals surface area contributed by atoms with Gasteiger partial charge in [0.1, 0.15) is 0 Å². The molecule has 0 heterocycles. The lowest BCUT2D eigenvalue weighted by Gasteiger charge is -2.27. The zero-order valence-corrected chi connectivity index (χ0v) is 10.9.